The van der Waals surface area contributed by atoms with E-state index in [0.717, 1.165) is 17.9 Å². The molecule has 0 aromatic carbocycles. The SMILES string of the molecule is Cc1nonc1CN1C(C)CCCC1CN. The maximum atomic E-state index is 5.82. The van der Waals surface area contributed by atoms with Crippen molar-refractivity contribution in [1.82, 2.24) is 15.2 Å². The lowest BCUT2D eigenvalue weighted by molar-refractivity contribution is 0.0862. The third-order valence-corrected chi connectivity index (χ3v) is 3.55. The number of nitrogens with zero attached hydrogens (tertiary/aromatic N) is 3. The first-order valence-electron chi connectivity index (χ1n) is 5.96. The van der Waals surface area contributed by atoms with Crippen molar-refractivity contribution < 1.29 is 4.63 Å². The maximum Gasteiger partial charge on any atom is 0.122 e. The molecule has 2 atom stereocenters. The van der Waals surface area contributed by atoms with Gasteiger partial charge in [0.25, 0.3) is 0 Å². The molecule has 5 heteroatoms. The van der Waals surface area contributed by atoms with Gasteiger partial charge in [-0.1, -0.05) is 16.7 Å². The Bertz CT molecular complexity index is 338. The van der Waals surface area contributed by atoms with Crippen LogP contribution < -0.4 is 5.73 Å². The van der Waals surface area contributed by atoms with Crippen LogP contribution in [0.4, 0.5) is 0 Å². The summed E-state index contributed by atoms with van der Waals surface area (Å²) in [5, 5.41) is 7.76. The van der Waals surface area contributed by atoms with Gasteiger partial charge in [-0.05, 0) is 26.7 Å². The quantitative estimate of drug-likeness (QED) is 0.832. The third kappa shape index (κ3) is 2.25. The number of rotatable bonds is 3. The Kier molecular flexibility index (Phi) is 3.56. The summed E-state index contributed by atoms with van der Waals surface area (Å²) in [4.78, 5) is 2.43. The number of piperidine rings is 1. The first kappa shape index (κ1) is 11.5. The summed E-state index contributed by atoms with van der Waals surface area (Å²) in [6.45, 7) is 5.70. The van der Waals surface area contributed by atoms with Gasteiger partial charge in [-0.2, -0.15) is 0 Å². The van der Waals surface area contributed by atoms with Crippen LogP contribution in [-0.2, 0) is 6.54 Å². The second-order valence-electron chi connectivity index (χ2n) is 4.64. The van der Waals surface area contributed by atoms with Gasteiger partial charge in [-0.15, -0.1) is 0 Å². The molecule has 1 fully saturated rings. The fraction of sp³-hybridized carbons (Fsp3) is 0.818. The Balaban J connectivity index is 2.08. The fourth-order valence-electron chi connectivity index (χ4n) is 2.44. The van der Waals surface area contributed by atoms with Crippen LogP contribution in [0.5, 0.6) is 0 Å². The third-order valence-electron chi connectivity index (χ3n) is 3.55. The Morgan fingerprint density at radius 2 is 2.25 bits per heavy atom. The van der Waals surface area contributed by atoms with Gasteiger partial charge in [-0.3, -0.25) is 4.90 Å². The van der Waals surface area contributed by atoms with E-state index in [1.165, 1.54) is 19.3 Å². The largest absolute Gasteiger partial charge is 0.329 e. The van der Waals surface area contributed by atoms with Gasteiger partial charge in [0, 0.05) is 25.2 Å². The number of hydrogen-bond donors (Lipinski definition) is 1. The summed E-state index contributed by atoms with van der Waals surface area (Å²) in [6, 6.07) is 1.04. The molecular formula is C11H20N4O. The van der Waals surface area contributed by atoms with E-state index in [2.05, 4.69) is 22.1 Å². The van der Waals surface area contributed by atoms with Crippen LogP contribution in [0.15, 0.2) is 4.63 Å². The Hall–Kier alpha value is -0.940. The molecule has 1 aromatic rings. The summed E-state index contributed by atoms with van der Waals surface area (Å²) in [5.74, 6) is 0. The van der Waals surface area contributed by atoms with E-state index in [9.17, 15) is 0 Å². The molecule has 2 N–H and O–H groups in total. The molecule has 5 nitrogen and oxygen atoms in total. The van der Waals surface area contributed by atoms with Crippen molar-refractivity contribution in [3.63, 3.8) is 0 Å². The van der Waals surface area contributed by atoms with Crippen molar-refractivity contribution in [2.45, 2.75) is 51.7 Å². The van der Waals surface area contributed by atoms with Crippen molar-refractivity contribution >= 4 is 0 Å². The molecule has 2 unspecified atom stereocenters. The first-order chi connectivity index (χ1) is 7.72. The number of likely N-dealkylation sites (tertiary alicyclic amines) is 1. The first-order valence-corrected chi connectivity index (χ1v) is 5.96. The zero-order valence-electron chi connectivity index (χ0n) is 10.0. The molecule has 0 aliphatic carbocycles. The highest BCUT2D eigenvalue weighted by Crippen LogP contribution is 2.24. The van der Waals surface area contributed by atoms with Gasteiger partial charge < -0.3 is 5.73 Å². The Labute approximate surface area is 95.9 Å². The molecule has 1 saturated heterocycles. The highest BCUT2D eigenvalue weighted by molar-refractivity contribution is 5.05. The van der Waals surface area contributed by atoms with Crippen molar-refractivity contribution in [2.24, 2.45) is 5.73 Å². The van der Waals surface area contributed by atoms with E-state index >= 15 is 0 Å². The van der Waals surface area contributed by atoms with Crippen molar-refractivity contribution in [2.75, 3.05) is 6.54 Å². The highest BCUT2D eigenvalue weighted by Gasteiger charge is 2.28. The molecule has 16 heavy (non-hydrogen) atoms. The van der Waals surface area contributed by atoms with Gasteiger partial charge in [0.1, 0.15) is 11.4 Å². The highest BCUT2D eigenvalue weighted by atomic mass is 16.6. The summed E-state index contributed by atoms with van der Waals surface area (Å²) in [6.07, 6.45) is 3.70. The molecule has 90 valence electrons. The number of aromatic nitrogens is 2. The lowest BCUT2D eigenvalue weighted by atomic mass is 9.96. The van der Waals surface area contributed by atoms with E-state index in [1.807, 2.05) is 6.92 Å². The Morgan fingerprint density at radius 1 is 1.44 bits per heavy atom. The van der Waals surface area contributed by atoms with Crippen LogP contribution >= 0.6 is 0 Å². The number of hydrogen-bond acceptors (Lipinski definition) is 5. The standard InChI is InChI=1S/C11H20N4O/c1-8-4-3-5-10(6-12)15(8)7-11-9(2)13-16-14-11/h8,10H,3-7,12H2,1-2H3. The van der Waals surface area contributed by atoms with Crippen LogP contribution in [0, 0.1) is 6.92 Å². The minimum Gasteiger partial charge on any atom is -0.329 e. The van der Waals surface area contributed by atoms with E-state index in [1.54, 1.807) is 0 Å². The summed E-state index contributed by atoms with van der Waals surface area (Å²) in [5.41, 5.74) is 7.64. The second kappa shape index (κ2) is 4.93. The molecule has 0 spiro atoms. The van der Waals surface area contributed by atoms with Gasteiger partial charge in [-0.25, -0.2) is 4.63 Å². The van der Waals surface area contributed by atoms with Gasteiger partial charge in [0.15, 0.2) is 0 Å². The van der Waals surface area contributed by atoms with Crippen LogP contribution in [0.25, 0.3) is 0 Å². The van der Waals surface area contributed by atoms with E-state index < -0.39 is 0 Å². The lowest BCUT2D eigenvalue weighted by Crippen LogP contribution is -2.48. The van der Waals surface area contributed by atoms with Gasteiger partial charge >= 0.3 is 0 Å². The Morgan fingerprint density at radius 3 is 2.88 bits per heavy atom. The normalized spacial score (nSPS) is 27.2. The molecule has 0 bridgehead atoms. The molecule has 0 radical (unpaired) electrons. The van der Waals surface area contributed by atoms with Crippen LogP contribution in [0.2, 0.25) is 0 Å². The smallest absolute Gasteiger partial charge is 0.122 e. The summed E-state index contributed by atoms with van der Waals surface area (Å²) in [7, 11) is 0. The molecule has 0 saturated carbocycles. The molecule has 1 aliphatic rings. The second-order valence-corrected chi connectivity index (χ2v) is 4.64. The van der Waals surface area contributed by atoms with Crippen molar-refractivity contribution in [3.8, 4) is 0 Å². The van der Waals surface area contributed by atoms with E-state index in [4.69, 9.17) is 10.4 Å². The minimum atomic E-state index is 0.472. The maximum absolute atomic E-state index is 5.82. The van der Waals surface area contributed by atoms with Gasteiger partial charge in [0.2, 0.25) is 0 Å². The van der Waals surface area contributed by atoms with Crippen molar-refractivity contribution in [3.05, 3.63) is 11.4 Å². The average Bonchev–Trinajstić information content (AvgIpc) is 2.67. The number of aryl methyl sites for hydroxylation is 1. The summed E-state index contributed by atoms with van der Waals surface area (Å²) < 4.78 is 4.73. The molecule has 1 aromatic heterocycles. The molecule has 1 aliphatic heterocycles. The molecule has 2 heterocycles. The zero-order chi connectivity index (χ0) is 11.5. The zero-order valence-corrected chi connectivity index (χ0v) is 10.0. The predicted molar refractivity (Wildman–Crippen MR) is 60.7 cm³/mol. The summed E-state index contributed by atoms with van der Waals surface area (Å²) >= 11 is 0. The predicted octanol–water partition coefficient (Wildman–Crippen LogP) is 1.08. The van der Waals surface area contributed by atoms with Crippen LogP contribution in [0.1, 0.15) is 37.6 Å². The van der Waals surface area contributed by atoms with Crippen LogP contribution in [0.3, 0.4) is 0 Å². The molecular weight excluding hydrogens is 204 g/mol. The van der Waals surface area contributed by atoms with E-state index in [-0.39, 0.29) is 0 Å². The monoisotopic (exact) mass is 224 g/mol. The molecule has 2 rings (SSSR count). The molecule has 0 amide bonds. The minimum absolute atomic E-state index is 0.472. The fourth-order valence-corrected chi connectivity index (χ4v) is 2.44. The topological polar surface area (TPSA) is 68.2 Å². The van der Waals surface area contributed by atoms with E-state index in [0.29, 0.717) is 18.6 Å². The number of nitrogens with two attached hydrogens (primary N) is 1. The van der Waals surface area contributed by atoms with Crippen LogP contribution in [-0.4, -0.2) is 33.8 Å². The van der Waals surface area contributed by atoms with Crippen molar-refractivity contribution in [1.29, 1.82) is 0 Å². The van der Waals surface area contributed by atoms with Gasteiger partial charge in [0.05, 0.1) is 0 Å². The average molecular weight is 224 g/mol. The lowest BCUT2D eigenvalue weighted by Gasteiger charge is -2.39.